The molecule has 0 radical (unpaired) electrons. The third-order valence-electron chi connectivity index (χ3n) is 2.66. The molecule has 0 saturated carbocycles. The molecule has 0 aliphatic rings. The SMILES string of the molecule is CC(C)(C)OC(=O)NCC(S)CCC(NC(=O)OC(C)(C)C)C(=O)O. The molecule has 0 fully saturated rings. The average Bonchev–Trinajstić information content (AvgIpc) is 2.36. The zero-order chi connectivity index (χ0) is 19.8. The Kier molecular flexibility index (Phi) is 9.10. The van der Waals surface area contributed by atoms with Crippen LogP contribution >= 0.6 is 12.6 Å². The Morgan fingerprint density at radius 3 is 1.88 bits per heavy atom. The molecule has 0 bridgehead atoms. The minimum Gasteiger partial charge on any atom is -0.480 e. The Morgan fingerprint density at radius 2 is 1.44 bits per heavy atom. The van der Waals surface area contributed by atoms with Gasteiger partial charge in [-0.15, -0.1) is 0 Å². The van der Waals surface area contributed by atoms with Crippen LogP contribution in [0, 0.1) is 0 Å². The molecular formula is C16H30N2O6S. The van der Waals surface area contributed by atoms with Crippen LogP contribution in [0.15, 0.2) is 0 Å². The van der Waals surface area contributed by atoms with E-state index in [9.17, 15) is 19.5 Å². The zero-order valence-electron chi connectivity index (χ0n) is 15.7. The number of hydrogen-bond donors (Lipinski definition) is 4. The molecule has 146 valence electrons. The fourth-order valence-electron chi connectivity index (χ4n) is 1.68. The van der Waals surface area contributed by atoms with Crippen molar-refractivity contribution in [2.24, 2.45) is 0 Å². The molecule has 2 atom stereocenters. The van der Waals surface area contributed by atoms with Gasteiger partial charge in [0.25, 0.3) is 0 Å². The van der Waals surface area contributed by atoms with Gasteiger partial charge in [0.2, 0.25) is 0 Å². The number of nitrogens with one attached hydrogen (secondary N) is 2. The Hall–Kier alpha value is -1.64. The summed E-state index contributed by atoms with van der Waals surface area (Å²) in [6, 6.07) is -1.09. The van der Waals surface area contributed by atoms with Crippen LogP contribution in [-0.2, 0) is 14.3 Å². The third kappa shape index (κ3) is 13.3. The number of aliphatic carboxylic acids is 1. The molecule has 0 saturated heterocycles. The molecule has 2 amide bonds. The van der Waals surface area contributed by atoms with E-state index >= 15 is 0 Å². The van der Waals surface area contributed by atoms with Crippen molar-refractivity contribution in [3.05, 3.63) is 0 Å². The highest BCUT2D eigenvalue weighted by Crippen LogP contribution is 2.11. The quantitative estimate of drug-likeness (QED) is 0.506. The summed E-state index contributed by atoms with van der Waals surface area (Å²) in [5.74, 6) is -1.16. The topological polar surface area (TPSA) is 114 Å². The van der Waals surface area contributed by atoms with Crippen molar-refractivity contribution in [3.63, 3.8) is 0 Å². The summed E-state index contributed by atoms with van der Waals surface area (Å²) in [4.78, 5) is 34.5. The summed E-state index contributed by atoms with van der Waals surface area (Å²) < 4.78 is 10.1. The molecule has 8 nitrogen and oxygen atoms in total. The summed E-state index contributed by atoms with van der Waals surface area (Å²) in [6.07, 6.45) is -0.833. The van der Waals surface area contributed by atoms with Crippen LogP contribution in [0.1, 0.15) is 54.4 Å². The number of carboxylic acids is 1. The number of carboxylic acid groups (broad SMARTS) is 1. The number of hydrogen-bond acceptors (Lipinski definition) is 6. The lowest BCUT2D eigenvalue weighted by atomic mass is 10.1. The fourth-order valence-corrected chi connectivity index (χ4v) is 1.92. The van der Waals surface area contributed by atoms with Crippen molar-refractivity contribution >= 4 is 30.8 Å². The summed E-state index contributed by atoms with van der Waals surface area (Å²) in [5, 5.41) is 13.8. The molecule has 0 heterocycles. The standard InChI is InChI=1S/C16H30N2O6S/c1-15(2,3)23-13(21)17-9-10(25)7-8-11(12(19)20)18-14(22)24-16(4,5)6/h10-11,25H,7-9H2,1-6H3,(H,17,21)(H,18,22)(H,19,20). The van der Waals surface area contributed by atoms with Crippen LogP contribution in [0.3, 0.4) is 0 Å². The van der Waals surface area contributed by atoms with Crippen LogP contribution in [0.25, 0.3) is 0 Å². The molecule has 0 aromatic heterocycles. The van der Waals surface area contributed by atoms with E-state index in [0.717, 1.165) is 0 Å². The Balaban J connectivity index is 4.32. The molecule has 0 aliphatic carbocycles. The predicted octanol–water partition coefficient (Wildman–Crippen LogP) is 2.57. The molecular weight excluding hydrogens is 348 g/mol. The smallest absolute Gasteiger partial charge is 0.408 e. The molecule has 2 unspecified atom stereocenters. The lowest BCUT2D eigenvalue weighted by molar-refractivity contribution is -0.139. The number of rotatable bonds is 7. The van der Waals surface area contributed by atoms with E-state index in [4.69, 9.17) is 9.47 Å². The van der Waals surface area contributed by atoms with Gasteiger partial charge in [-0.2, -0.15) is 12.6 Å². The lowest BCUT2D eigenvalue weighted by Gasteiger charge is -2.23. The van der Waals surface area contributed by atoms with E-state index in [0.29, 0.717) is 6.42 Å². The predicted molar refractivity (Wildman–Crippen MR) is 97.0 cm³/mol. The second-order valence-electron chi connectivity index (χ2n) is 7.65. The maximum atomic E-state index is 11.7. The van der Waals surface area contributed by atoms with Gasteiger partial charge in [-0.05, 0) is 54.4 Å². The summed E-state index contributed by atoms with van der Waals surface area (Å²) >= 11 is 4.31. The van der Waals surface area contributed by atoms with Crippen molar-refractivity contribution in [3.8, 4) is 0 Å². The number of carbonyl (C=O) groups is 3. The molecule has 0 aliphatic heterocycles. The fraction of sp³-hybridized carbons (Fsp3) is 0.812. The molecule has 0 rings (SSSR count). The molecule has 0 aromatic rings. The van der Waals surface area contributed by atoms with Crippen molar-refractivity contribution < 1.29 is 29.0 Å². The van der Waals surface area contributed by atoms with Crippen molar-refractivity contribution in [2.45, 2.75) is 76.9 Å². The highest BCUT2D eigenvalue weighted by atomic mass is 32.1. The normalized spacial score (nSPS) is 14.2. The third-order valence-corrected chi connectivity index (χ3v) is 3.10. The van der Waals surface area contributed by atoms with E-state index in [1.807, 2.05) is 0 Å². The van der Waals surface area contributed by atoms with E-state index in [1.165, 1.54) is 0 Å². The first-order chi connectivity index (χ1) is 11.2. The van der Waals surface area contributed by atoms with Gasteiger partial charge >= 0.3 is 18.2 Å². The second-order valence-corrected chi connectivity index (χ2v) is 8.38. The van der Waals surface area contributed by atoms with Crippen molar-refractivity contribution in [2.75, 3.05) is 6.54 Å². The van der Waals surface area contributed by atoms with Gasteiger partial charge in [0, 0.05) is 11.8 Å². The van der Waals surface area contributed by atoms with Gasteiger partial charge < -0.3 is 25.2 Å². The molecule has 9 heteroatoms. The summed E-state index contributed by atoms with van der Waals surface area (Å²) in [6.45, 7) is 10.5. The van der Waals surface area contributed by atoms with Gasteiger partial charge in [-0.3, -0.25) is 0 Å². The molecule has 0 spiro atoms. The van der Waals surface area contributed by atoms with E-state index < -0.39 is 35.4 Å². The number of alkyl carbamates (subject to hydrolysis) is 2. The minimum atomic E-state index is -1.16. The number of thiol groups is 1. The second kappa shape index (κ2) is 9.74. The van der Waals surface area contributed by atoms with Crippen LogP contribution in [0.4, 0.5) is 9.59 Å². The van der Waals surface area contributed by atoms with Crippen molar-refractivity contribution in [1.82, 2.24) is 10.6 Å². The van der Waals surface area contributed by atoms with Crippen LogP contribution in [0.2, 0.25) is 0 Å². The number of carbonyl (C=O) groups excluding carboxylic acids is 2. The highest BCUT2D eigenvalue weighted by molar-refractivity contribution is 7.81. The number of amides is 2. The van der Waals surface area contributed by atoms with Crippen LogP contribution in [-0.4, -0.2) is 52.3 Å². The van der Waals surface area contributed by atoms with Crippen LogP contribution < -0.4 is 10.6 Å². The molecule has 0 aromatic carbocycles. The molecule has 3 N–H and O–H groups in total. The first kappa shape index (κ1) is 23.4. The number of ether oxygens (including phenoxy) is 2. The van der Waals surface area contributed by atoms with E-state index in [1.54, 1.807) is 41.5 Å². The van der Waals surface area contributed by atoms with Gasteiger partial charge in [0.05, 0.1) is 0 Å². The lowest BCUT2D eigenvalue weighted by Crippen LogP contribution is -2.44. The monoisotopic (exact) mass is 378 g/mol. The summed E-state index contributed by atoms with van der Waals surface area (Å²) in [5.41, 5.74) is -1.31. The summed E-state index contributed by atoms with van der Waals surface area (Å²) in [7, 11) is 0. The first-order valence-electron chi connectivity index (χ1n) is 8.07. The largest absolute Gasteiger partial charge is 0.480 e. The first-order valence-corrected chi connectivity index (χ1v) is 8.58. The van der Waals surface area contributed by atoms with Crippen LogP contribution in [0.5, 0.6) is 0 Å². The van der Waals surface area contributed by atoms with Gasteiger partial charge in [-0.25, -0.2) is 14.4 Å². The Morgan fingerprint density at radius 1 is 0.960 bits per heavy atom. The van der Waals surface area contributed by atoms with E-state index in [-0.39, 0.29) is 18.2 Å². The average molecular weight is 378 g/mol. The Bertz CT molecular complexity index is 470. The maximum absolute atomic E-state index is 11.7. The molecule has 25 heavy (non-hydrogen) atoms. The van der Waals surface area contributed by atoms with E-state index in [2.05, 4.69) is 23.3 Å². The maximum Gasteiger partial charge on any atom is 0.408 e. The van der Waals surface area contributed by atoms with Gasteiger partial charge in [-0.1, -0.05) is 0 Å². The zero-order valence-corrected chi connectivity index (χ0v) is 16.6. The minimum absolute atomic E-state index is 0.152. The van der Waals surface area contributed by atoms with Crippen molar-refractivity contribution in [1.29, 1.82) is 0 Å². The van der Waals surface area contributed by atoms with Gasteiger partial charge in [0.1, 0.15) is 17.2 Å². The Labute approximate surface area is 154 Å². The highest BCUT2D eigenvalue weighted by Gasteiger charge is 2.24. The van der Waals surface area contributed by atoms with Gasteiger partial charge in [0.15, 0.2) is 0 Å².